The Bertz CT molecular complexity index is 949. The van der Waals surface area contributed by atoms with Gasteiger partial charge >= 0.3 is 0 Å². The van der Waals surface area contributed by atoms with Crippen molar-refractivity contribution < 1.29 is 23.5 Å². The van der Waals surface area contributed by atoms with Gasteiger partial charge in [-0.3, -0.25) is 14.3 Å². The number of carbonyl (C=O) groups excluding carboxylic acids is 2. The molecule has 2 saturated heterocycles. The van der Waals surface area contributed by atoms with Crippen LogP contribution in [0.25, 0.3) is 0 Å². The summed E-state index contributed by atoms with van der Waals surface area (Å²) in [5.41, 5.74) is 1.47. The summed E-state index contributed by atoms with van der Waals surface area (Å²) in [5, 5.41) is 4.55. The van der Waals surface area contributed by atoms with Gasteiger partial charge in [0.2, 0.25) is 0 Å². The van der Waals surface area contributed by atoms with E-state index in [4.69, 9.17) is 9.47 Å². The molecule has 0 aliphatic carbocycles. The lowest BCUT2D eigenvalue weighted by Gasteiger charge is -2.32. The molecule has 0 saturated carbocycles. The Balaban J connectivity index is 1.29. The van der Waals surface area contributed by atoms with Crippen LogP contribution in [0.3, 0.4) is 0 Å². The number of piperidine rings is 1. The number of nitrogens with zero attached hydrogens (tertiary/aromatic N) is 4. The fourth-order valence-corrected chi connectivity index (χ4v) is 4.25. The van der Waals surface area contributed by atoms with Gasteiger partial charge in [0.1, 0.15) is 0 Å². The molecule has 2 aromatic rings. The number of halogens is 1. The second kappa shape index (κ2) is 10.1. The van der Waals surface area contributed by atoms with Gasteiger partial charge in [0.05, 0.1) is 24.5 Å². The van der Waals surface area contributed by atoms with Gasteiger partial charge < -0.3 is 19.3 Å². The molecule has 32 heavy (non-hydrogen) atoms. The number of carbonyl (C=O) groups is 2. The molecule has 3 heterocycles. The largest absolute Gasteiger partial charge is 0.481 e. The van der Waals surface area contributed by atoms with Gasteiger partial charge in [-0.1, -0.05) is 12.1 Å². The molecule has 2 aliphatic rings. The van der Waals surface area contributed by atoms with Crippen LogP contribution in [-0.2, 0) is 23.0 Å². The maximum absolute atomic E-state index is 13.7. The predicted molar refractivity (Wildman–Crippen MR) is 115 cm³/mol. The molecular weight excluding hydrogens is 415 g/mol. The average molecular weight is 445 g/mol. The number of hydrogen-bond acceptors (Lipinski definition) is 5. The van der Waals surface area contributed by atoms with Crippen molar-refractivity contribution in [1.29, 1.82) is 0 Å². The third-order valence-corrected chi connectivity index (χ3v) is 6.07. The SMILES string of the molecule is Cn1cc(C(=O)N2CCOCC2)c(CC2CCN(C(=O)COc3ccccc3F)CC2)n1. The van der Waals surface area contributed by atoms with E-state index in [1.165, 1.54) is 12.1 Å². The Morgan fingerprint density at radius 2 is 1.84 bits per heavy atom. The van der Waals surface area contributed by atoms with Crippen LogP contribution < -0.4 is 4.74 Å². The van der Waals surface area contributed by atoms with Crippen molar-refractivity contribution in [2.45, 2.75) is 19.3 Å². The molecule has 172 valence electrons. The van der Waals surface area contributed by atoms with Crippen LogP contribution >= 0.6 is 0 Å². The molecule has 0 N–H and O–H groups in total. The highest BCUT2D eigenvalue weighted by Crippen LogP contribution is 2.24. The first-order valence-electron chi connectivity index (χ1n) is 11.1. The average Bonchev–Trinajstić information content (AvgIpc) is 3.18. The molecule has 0 unspecified atom stereocenters. The van der Waals surface area contributed by atoms with Gasteiger partial charge in [-0.05, 0) is 37.3 Å². The number of para-hydroxylation sites is 1. The van der Waals surface area contributed by atoms with Crippen LogP contribution in [0.15, 0.2) is 30.5 Å². The molecule has 4 rings (SSSR count). The van der Waals surface area contributed by atoms with E-state index in [9.17, 15) is 14.0 Å². The molecule has 9 heteroatoms. The minimum Gasteiger partial charge on any atom is -0.481 e. The van der Waals surface area contributed by atoms with Crippen LogP contribution in [0, 0.1) is 11.7 Å². The van der Waals surface area contributed by atoms with E-state index in [2.05, 4.69) is 5.10 Å². The van der Waals surface area contributed by atoms with Gasteiger partial charge in [-0.2, -0.15) is 5.10 Å². The minimum absolute atomic E-state index is 0.00862. The third kappa shape index (κ3) is 5.27. The second-order valence-electron chi connectivity index (χ2n) is 8.32. The summed E-state index contributed by atoms with van der Waals surface area (Å²) in [4.78, 5) is 29.0. The van der Waals surface area contributed by atoms with Crippen molar-refractivity contribution in [2.75, 3.05) is 46.0 Å². The first kappa shape index (κ1) is 22.3. The van der Waals surface area contributed by atoms with Gasteiger partial charge in [0.15, 0.2) is 18.2 Å². The molecule has 1 aromatic carbocycles. The summed E-state index contributed by atoms with van der Waals surface area (Å²) in [7, 11) is 1.83. The lowest BCUT2D eigenvalue weighted by atomic mass is 9.91. The van der Waals surface area contributed by atoms with Crippen molar-refractivity contribution in [2.24, 2.45) is 13.0 Å². The summed E-state index contributed by atoms with van der Waals surface area (Å²) in [6, 6.07) is 6.07. The van der Waals surface area contributed by atoms with Crippen molar-refractivity contribution in [3.05, 3.63) is 47.5 Å². The Hall–Kier alpha value is -2.94. The summed E-state index contributed by atoms with van der Waals surface area (Å²) < 4.78 is 26.0. The topological polar surface area (TPSA) is 76.9 Å². The van der Waals surface area contributed by atoms with Crippen molar-refractivity contribution >= 4 is 11.8 Å². The summed E-state index contributed by atoms with van der Waals surface area (Å²) in [6.07, 6.45) is 4.16. The second-order valence-corrected chi connectivity index (χ2v) is 8.32. The first-order chi connectivity index (χ1) is 15.5. The van der Waals surface area contributed by atoms with E-state index in [1.54, 1.807) is 27.9 Å². The molecule has 2 aliphatic heterocycles. The minimum atomic E-state index is -0.475. The number of amides is 2. The number of rotatable bonds is 6. The van der Waals surface area contributed by atoms with Crippen molar-refractivity contribution in [3.8, 4) is 5.75 Å². The molecule has 2 fully saturated rings. The maximum atomic E-state index is 13.7. The van der Waals surface area contributed by atoms with Gasteiger partial charge in [0.25, 0.3) is 11.8 Å². The Kier molecular flexibility index (Phi) is 7.04. The maximum Gasteiger partial charge on any atom is 0.260 e. The van der Waals surface area contributed by atoms with Crippen molar-refractivity contribution in [3.63, 3.8) is 0 Å². The zero-order valence-corrected chi connectivity index (χ0v) is 18.3. The molecule has 2 amide bonds. The van der Waals surface area contributed by atoms with E-state index >= 15 is 0 Å². The van der Waals surface area contributed by atoms with Gasteiger partial charge in [-0.15, -0.1) is 0 Å². The predicted octanol–water partition coefficient (Wildman–Crippen LogP) is 1.89. The monoisotopic (exact) mass is 444 g/mol. The third-order valence-electron chi connectivity index (χ3n) is 6.07. The fourth-order valence-electron chi connectivity index (χ4n) is 4.25. The Morgan fingerprint density at radius 3 is 2.56 bits per heavy atom. The quantitative estimate of drug-likeness (QED) is 0.680. The van der Waals surface area contributed by atoms with Gasteiger partial charge in [0, 0.05) is 39.4 Å². The van der Waals surface area contributed by atoms with Crippen molar-refractivity contribution in [1.82, 2.24) is 19.6 Å². The summed E-state index contributed by atoms with van der Waals surface area (Å²) >= 11 is 0. The number of morpholine rings is 1. The van der Waals surface area contributed by atoms with E-state index in [-0.39, 0.29) is 24.2 Å². The lowest BCUT2D eigenvalue weighted by Crippen LogP contribution is -2.42. The fraction of sp³-hybridized carbons (Fsp3) is 0.522. The van der Waals surface area contributed by atoms with E-state index < -0.39 is 5.82 Å². The number of likely N-dealkylation sites (tertiary alicyclic amines) is 1. The molecule has 0 radical (unpaired) electrons. The van der Waals surface area contributed by atoms with E-state index in [0.29, 0.717) is 57.3 Å². The van der Waals surface area contributed by atoms with E-state index in [1.807, 2.05) is 11.9 Å². The van der Waals surface area contributed by atoms with Crippen LogP contribution in [0.1, 0.15) is 28.9 Å². The number of benzene rings is 1. The normalized spacial score (nSPS) is 17.4. The van der Waals surface area contributed by atoms with Crippen LogP contribution in [0.2, 0.25) is 0 Å². The number of aromatic nitrogens is 2. The molecule has 8 nitrogen and oxygen atoms in total. The standard InChI is InChI=1S/C23H29FN4O4/c1-26-15-18(23(30)28-10-12-31-13-11-28)20(25-26)14-17-6-8-27(9-7-17)22(29)16-32-21-5-3-2-4-19(21)24/h2-5,15,17H,6-14,16H2,1H3. The molecule has 0 bridgehead atoms. The Labute approximate surface area is 186 Å². The lowest BCUT2D eigenvalue weighted by molar-refractivity contribution is -0.134. The summed E-state index contributed by atoms with van der Waals surface area (Å²) in [6.45, 7) is 3.38. The zero-order valence-electron chi connectivity index (χ0n) is 18.3. The highest BCUT2D eigenvalue weighted by Gasteiger charge is 2.28. The number of ether oxygens (including phenoxy) is 2. The van der Waals surface area contributed by atoms with Crippen LogP contribution in [-0.4, -0.2) is 77.4 Å². The molecule has 0 atom stereocenters. The highest BCUT2D eigenvalue weighted by molar-refractivity contribution is 5.95. The van der Waals surface area contributed by atoms with Gasteiger partial charge in [-0.25, -0.2) is 4.39 Å². The molecule has 0 spiro atoms. The number of hydrogen-bond donors (Lipinski definition) is 0. The molecule has 1 aromatic heterocycles. The zero-order chi connectivity index (χ0) is 22.5. The first-order valence-corrected chi connectivity index (χ1v) is 11.1. The summed E-state index contributed by atoms with van der Waals surface area (Å²) in [5.74, 6) is -0.181. The van der Waals surface area contributed by atoms with Crippen LogP contribution in [0.4, 0.5) is 4.39 Å². The highest BCUT2D eigenvalue weighted by atomic mass is 19.1. The Morgan fingerprint density at radius 1 is 1.12 bits per heavy atom. The number of aryl methyl sites for hydroxylation is 1. The van der Waals surface area contributed by atoms with Crippen LogP contribution in [0.5, 0.6) is 5.75 Å². The smallest absolute Gasteiger partial charge is 0.260 e. The van der Waals surface area contributed by atoms with E-state index in [0.717, 1.165) is 18.5 Å². The molecular formula is C23H29FN4O4.